The van der Waals surface area contributed by atoms with Crippen LogP contribution in [0.3, 0.4) is 0 Å². The van der Waals surface area contributed by atoms with Gasteiger partial charge in [0.05, 0.1) is 5.41 Å². The highest BCUT2D eigenvalue weighted by atomic mass is 19.4. The van der Waals surface area contributed by atoms with Crippen molar-refractivity contribution in [1.29, 1.82) is 0 Å². The van der Waals surface area contributed by atoms with Crippen molar-refractivity contribution in [2.75, 3.05) is 0 Å². The number of Topliss-reactive ketones (excluding diaryl/α,β-unsaturated/α-hetero) is 1. The summed E-state index contributed by atoms with van der Waals surface area (Å²) in [4.78, 5) is 23.9. The van der Waals surface area contributed by atoms with Crippen molar-refractivity contribution in [1.82, 2.24) is 5.32 Å². The third-order valence-corrected chi connectivity index (χ3v) is 4.11. The van der Waals surface area contributed by atoms with Crippen LogP contribution in [0.1, 0.15) is 25.3 Å². The zero-order valence-electron chi connectivity index (χ0n) is 11.5. The molecule has 2 rings (SSSR count). The van der Waals surface area contributed by atoms with E-state index >= 15 is 0 Å². The minimum atomic E-state index is -4.77. The Labute approximate surface area is 120 Å². The second-order valence-electron chi connectivity index (χ2n) is 5.58. The molecular weight excluding hydrogens is 283 g/mol. The molecule has 1 fully saturated rings. The van der Waals surface area contributed by atoms with Crippen LogP contribution >= 0.6 is 0 Å². The number of carbonyl (C=O) groups is 2. The van der Waals surface area contributed by atoms with Crippen LogP contribution in [-0.4, -0.2) is 18.0 Å². The van der Waals surface area contributed by atoms with Gasteiger partial charge in [0.2, 0.25) is 5.91 Å². The molecule has 1 amide bonds. The van der Waals surface area contributed by atoms with E-state index in [0.29, 0.717) is 0 Å². The first kappa shape index (κ1) is 15.5. The fraction of sp³-hybridized carbons (Fsp3) is 0.467. The molecule has 21 heavy (non-hydrogen) atoms. The zero-order valence-corrected chi connectivity index (χ0v) is 11.5. The van der Waals surface area contributed by atoms with Crippen LogP contribution < -0.4 is 5.32 Å². The minimum absolute atomic E-state index is 0.138. The number of carbonyl (C=O) groups excluding carboxylic acids is 2. The third-order valence-electron chi connectivity index (χ3n) is 4.11. The van der Waals surface area contributed by atoms with Crippen molar-refractivity contribution in [2.45, 2.75) is 32.5 Å². The van der Waals surface area contributed by atoms with Crippen molar-refractivity contribution < 1.29 is 22.8 Å². The summed E-state index contributed by atoms with van der Waals surface area (Å²) >= 11 is 0. The SMILES string of the molecule is CC1(C(=O)NC(F)(F)F)CCC(=O)C1Cc1ccccc1. The molecule has 6 heteroatoms. The number of rotatable bonds is 3. The summed E-state index contributed by atoms with van der Waals surface area (Å²) < 4.78 is 37.1. The van der Waals surface area contributed by atoms with E-state index < -0.39 is 23.5 Å². The van der Waals surface area contributed by atoms with E-state index in [1.165, 1.54) is 6.92 Å². The lowest BCUT2D eigenvalue weighted by Gasteiger charge is -2.29. The van der Waals surface area contributed by atoms with Gasteiger partial charge in [-0.3, -0.25) is 14.9 Å². The smallest absolute Gasteiger partial charge is 0.299 e. The molecule has 0 bridgehead atoms. The average Bonchev–Trinajstić information content (AvgIpc) is 2.68. The van der Waals surface area contributed by atoms with Crippen LogP contribution in [0.4, 0.5) is 13.2 Å². The van der Waals surface area contributed by atoms with Gasteiger partial charge in [-0.2, -0.15) is 13.2 Å². The molecule has 2 atom stereocenters. The molecule has 114 valence electrons. The van der Waals surface area contributed by atoms with Crippen molar-refractivity contribution >= 4 is 11.7 Å². The second kappa shape index (κ2) is 5.50. The molecule has 1 saturated carbocycles. The van der Waals surface area contributed by atoms with Gasteiger partial charge in [-0.15, -0.1) is 0 Å². The molecule has 1 aromatic carbocycles. The van der Waals surface area contributed by atoms with Gasteiger partial charge in [0.1, 0.15) is 5.78 Å². The first-order chi connectivity index (χ1) is 9.72. The standard InChI is InChI=1S/C15H16F3NO2/c1-14(13(21)19-15(16,17)18)8-7-12(20)11(14)9-10-5-3-2-4-6-10/h2-6,11H,7-9H2,1H3,(H,19,21). The number of halogens is 3. The molecule has 0 heterocycles. The molecule has 1 aliphatic carbocycles. The summed E-state index contributed by atoms with van der Waals surface area (Å²) in [6.07, 6.45) is -4.21. The molecule has 0 aliphatic heterocycles. The highest BCUT2D eigenvalue weighted by Crippen LogP contribution is 2.43. The first-order valence-electron chi connectivity index (χ1n) is 6.68. The minimum Gasteiger partial charge on any atom is -0.299 e. The van der Waals surface area contributed by atoms with Crippen molar-refractivity contribution in [3.8, 4) is 0 Å². The number of alkyl halides is 3. The average molecular weight is 299 g/mol. The highest BCUT2D eigenvalue weighted by molar-refractivity contribution is 5.95. The Kier molecular flexibility index (Phi) is 4.07. The molecule has 1 N–H and O–H groups in total. The summed E-state index contributed by atoms with van der Waals surface area (Å²) in [6, 6.07) is 9.00. The molecule has 1 aliphatic rings. The van der Waals surface area contributed by atoms with Crippen LogP contribution in [-0.2, 0) is 16.0 Å². The Morgan fingerprint density at radius 3 is 2.52 bits per heavy atom. The number of hydrogen-bond donors (Lipinski definition) is 1. The van der Waals surface area contributed by atoms with Gasteiger partial charge >= 0.3 is 6.30 Å². The first-order valence-corrected chi connectivity index (χ1v) is 6.68. The van der Waals surface area contributed by atoms with Crippen molar-refractivity contribution in [2.24, 2.45) is 11.3 Å². The summed E-state index contributed by atoms with van der Waals surface area (Å²) in [7, 11) is 0. The van der Waals surface area contributed by atoms with E-state index in [1.54, 1.807) is 24.3 Å². The number of nitrogens with one attached hydrogen (secondary N) is 1. The van der Waals surface area contributed by atoms with E-state index in [9.17, 15) is 22.8 Å². The molecule has 2 unspecified atom stereocenters. The van der Waals surface area contributed by atoms with Gasteiger partial charge in [0.25, 0.3) is 0 Å². The summed E-state index contributed by atoms with van der Waals surface area (Å²) in [5.74, 6) is -2.00. The quantitative estimate of drug-likeness (QED) is 0.872. The van der Waals surface area contributed by atoms with Crippen LogP contribution in [0.5, 0.6) is 0 Å². The number of benzene rings is 1. The maximum atomic E-state index is 12.4. The molecule has 0 saturated heterocycles. The predicted octanol–water partition coefficient (Wildman–Crippen LogP) is 2.85. The Balaban J connectivity index is 2.21. The fourth-order valence-electron chi connectivity index (χ4n) is 2.82. The van der Waals surface area contributed by atoms with Gasteiger partial charge in [-0.05, 0) is 18.4 Å². The van der Waals surface area contributed by atoms with E-state index in [2.05, 4.69) is 0 Å². The van der Waals surface area contributed by atoms with Gasteiger partial charge in [0.15, 0.2) is 0 Å². The lowest BCUT2D eigenvalue weighted by atomic mass is 9.75. The third kappa shape index (κ3) is 3.43. The summed E-state index contributed by atoms with van der Waals surface area (Å²) in [6.45, 7) is 1.44. The number of hydrogen-bond acceptors (Lipinski definition) is 2. The Morgan fingerprint density at radius 1 is 1.33 bits per heavy atom. The molecule has 1 aromatic rings. The van der Waals surface area contributed by atoms with Gasteiger partial charge in [-0.25, -0.2) is 0 Å². The fourth-order valence-corrected chi connectivity index (χ4v) is 2.82. The Bertz CT molecular complexity index is 542. The van der Waals surface area contributed by atoms with E-state index in [0.717, 1.165) is 10.9 Å². The molecule has 0 aromatic heterocycles. The number of amides is 1. The van der Waals surface area contributed by atoms with Crippen LogP contribution in [0.25, 0.3) is 0 Å². The van der Waals surface area contributed by atoms with E-state index in [-0.39, 0.29) is 25.0 Å². The summed E-state index contributed by atoms with van der Waals surface area (Å²) in [5.41, 5.74) is -0.480. The van der Waals surface area contributed by atoms with Gasteiger partial charge in [-0.1, -0.05) is 37.3 Å². The molecule has 3 nitrogen and oxygen atoms in total. The van der Waals surface area contributed by atoms with Crippen LogP contribution in [0, 0.1) is 11.3 Å². The topological polar surface area (TPSA) is 46.2 Å². The maximum Gasteiger partial charge on any atom is 0.484 e. The van der Waals surface area contributed by atoms with Gasteiger partial charge < -0.3 is 0 Å². The monoisotopic (exact) mass is 299 g/mol. The highest BCUT2D eigenvalue weighted by Gasteiger charge is 2.51. The Morgan fingerprint density at radius 2 is 1.95 bits per heavy atom. The zero-order chi connectivity index (χ0) is 15.7. The summed E-state index contributed by atoms with van der Waals surface area (Å²) in [5, 5.41) is 1.05. The van der Waals surface area contributed by atoms with Gasteiger partial charge in [0, 0.05) is 12.3 Å². The lowest BCUT2D eigenvalue weighted by molar-refractivity contribution is -0.177. The van der Waals surface area contributed by atoms with Crippen LogP contribution in [0.2, 0.25) is 0 Å². The molecular formula is C15H16F3NO2. The Hall–Kier alpha value is -1.85. The largest absolute Gasteiger partial charge is 0.484 e. The normalized spacial score (nSPS) is 25.9. The second-order valence-corrected chi connectivity index (χ2v) is 5.58. The molecule has 0 spiro atoms. The van der Waals surface area contributed by atoms with E-state index in [1.807, 2.05) is 6.07 Å². The van der Waals surface area contributed by atoms with Crippen molar-refractivity contribution in [3.05, 3.63) is 35.9 Å². The maximum absolute atomic E-state index is 12.4. The number of ketones is 1. The molecule has 0 radical (unpaired) electrons. The lowest BCUT2D eigenvalue weighted by Crippen LogP contribution is -2.48. The predicted molar refractivity (Wildman–Crippen MR) is 70.2 cm³/mol. The van der Waals surface area contributed by atoms with Crippen molar-refractivity contribution in [3.63, 3.8) is 0 Å². The van der Waals surface area contributed by atoms with E-state index in [4.69, 9.17) is 0 Å². The van der Waals surface area contributed by atoms with Crippen LogP contribution in [0.15, 0.2) is 30.3 Å².